The number of nitrogens with zero attached hydrogens (tertiary/aromatic N) is 5. The van der Waals surface area contributed by atoms with Crippen molar-refractivity contribution in [3.8, 4) is 0 Å². The van der Waals surface area contributed by atoms with Gasteiger partial charge in [-0.1, -0.05) is 0 Å². The van der Waals surface area contributed by atoms with Gasteiger partial charge in [-0.25, -0.2) is 0 Å². The highest BCUT2D eigenvalue weighted by Gasteiger charge is 2.41. The molecular weight excluding hydrogens is 300 g/mol. The first kappa shape index (κ1) is 15.9. The summed E-state index contributed by atoms with van der Waals surface area (Å²) in [6, 6.07) is 3.49. The quantitative estimate of drug-likeness (QED) is 0.911. The van der Waals surface area contributed by atoms with Gasteiger partial charge in [0.2, 0.25) is 0 Å². The second-order valence-electron chi connectivity index (χ2n) is 7.56. The fourth-order valence-electron chi connectivity index (χ4n) is 4.35. The summed E-state index contributed by atoms with van der Waals surface area (Å²) in [6.45, 7) is 4.30. The minimum atomic E-state index is 0.487. The summed E-state index contributed by atoms with van der Waals surface area (Å²) in [6.07, 6.45) is 8.42. The Morgan fingerprint density at radius 2 is 2.04 bits per heavy atom. The van der Waals surface area contributed by atoms with Gasteiger partial charge in [-0.05, 0) is 50.6 Å². The number of likely N-dealkylation sites (tertiary alicyclic amines) is 1. The summed E-state index contributed by atoms with van der Waals surface area (Å²) in [4.78, 5) is 9.67. The van der Waals surface area contributed by atoms with Crippen LogP contribution in [0.5, 0.6) is 0 Å². The van der Waals surface area contributed by atoms with Crippen LogP contribution in [0.25, 0.3) is 0 Å². The van der Waals surface area contributed by atoms with E-state index in [1.54, 1.807) is 0 Å². The van der Waals surface area contributed by atoms with Crippen LogP contribution in [-0.2, 0) is 7.05 Å². The molecule has 0 amide bonds. The lowest BCUT2D eigenvalue weighted by molar-refractivity contribution is 0.0797. The minimum absolute atomic E-state index is 0.487. The fraction of sp³-hybridized carbons (Fsp3) is 0.778. The van der Waals surface area contributed by atoms with E-state index in [-0.39, 0.29) is 0 Å². The normalized spacial score (nSPS) is 28.8. The number of rotatable bonds is 4. The number of aromatic nitrogens is 2. The molecule has 1 aromatic rings. The van der Waals surface area contributed by atoms with Crippen LogP contribution in [0.15, 0.2) is 17.3 Å². The minimum Gasteiger partial charge on any atom is -0.356 e. The maximum atomic E-state index is 4.67. The first-order valence-corrected chi connectivity index (χ1v) is 9.47. The second-order valence-corrected chi connectivity index (χ2v) is 7.56. The standard InChI is InChI=1S/C18H30N6/c1-22-11-4-9-19-18(22)20-13-14-5-3-12-24(15-6-7-15)17(14)16-8-10-21-23(16)2/h8,10,14-15,17H,3-7,9,11-13H2,1-2H3,(H,19,20)/t14-,17+/m0/s1. The van der Waals surface area contributed by atoms with E-state index < -0.39 is 0 Å². The predicted molar refractivity (Wildman–Crippen MR) is 96.0 cm³/mol. The zero-order valence-corrected chi connectivity index (χ0v) is 15.0. The predicted octanol–water partition coefficient (Wildman–Crippen LogP) is 1.62. The van der Waals surface area contributed by atoms with Crippen molar-refractivity contribution in [2.24, 2.45) is 18.0 Å². The van der Waals surface area contributed by atoms with Crippen LogP contribution in [0.4, 0.5) is 0 Å². The number of hydrogen-bond acceptors (Lipinski definition) is 5. The van der Waals surface area contributed by atoms with Crippen LogP contribution in [0.3, 0.4) is 0 Å². The van der Waals surface area contributed by atoms with Crippen molar-refractivity contribution in [1.82, 2.24) is 24.9 Å². The third kappa shape index (κ3) is 3.16. The van der Waals surface area contributed by atoms with Crippen LogP contribution < -0.4 is 5.32 Å². The van der Waals surface area contributed by atoms with Crippen molar-refractivity contribution >= 4 is 5.96 Å². The molecule has 0 unspecified atom stereocenters. The molecule has 6 heteroatoms. The van der Waals surface area contributed by atoms with Gasteiger partial charge in [-0.15, -0.1) is 0 Å². The molecule has 3 aliphatic rings. The summed E-state index contributed by atoms with van der Waals surface area (Å²) in [7, 11) is 4.22. The molecule has 132 valence electrons. The number of piperidine rings is 1. The lowest BCUT2D eigenvalue weighted by atomic mass is 9.86. The van der Waals surface area contributed by atoms with Crippen LogP contribution in [0.2, 0.25) is 0 Å². The zero-order valence-electron chi connectivity index (χ0n) is 15.0. The van der Waals surface area contributed by atoms with Gasteiger partial charge in [0.15, 0.2) is 5.96 Å². The van der Waals surface area contributed by atoms with Gasteiger partial charge < -0.3 is 10.2 Å². The Morgan fingerprint density at radius 3 is 2.75 bits per heavy atom. The van der Waals surface area contributed by atoms with Crippen molar-refractivity contribution in [1.29, 1.82) is 0 Å². The van der Waals surface area contributed by atoms with Crippen LogP contribution in [-0.4, -0.2) is 64.8 Å². The van der Waals surface area contributed by atoms with Gasteiger partial charge in [0.05, 0.1) is 11.7 Å². The van der Waals surface area contributed by atoms with E-state index in [9.17, 15) is 0 Å². The first-order chi connectivity index (χ1) is 11.7. The largest absolute Gasteiger partial charge is 0.356 e. The van der Waals surface area contributed by atoms with E-state index >= 15 is 0 Å². The molecule has 0 bridgehead atoms. The average molecular weight is 330 g/mol. The third-order valence-electron chi connectivity index (χ3n) is 5.77. The first-order valence-electron chi connectivity index (χ1n) is 9.47. The van der Waals surface area contributed by atoms with E-state index in [0.29, 0.717) is 12.0 Å². The molecule has 6 nitrogen and oxygen atoms in total. The van der Waals surface area contributed by atoms with Crippen LogP contribution >= 0.6 is 0 Å². The smallest absolute Gasteiger partial charge is 0.193 e. The van der Waals surface area contributed by atoms with Crippen molar-refractivity contribution < 1.29 is 0 Å². The van der Waals surface area contributed by atoms with Crippen molar-refractivity contribution in [2.75, 3.05) is 33.2 Å². The van der Waals surface area contributed by atoms with Gasteiger partial charge in [-0.2, -0.15) is 5.10 Å². The highest BCUT2D eigenvalue weighted by molar-refractivity contribution is 5.80. The highest BCUT2D eigenvalue weighted by Crippen LogP contribution is 2.42. The molecule has 1 saturated carbocycles. The number of guanidine groups is 1. The number of aliphatic imine (C=N–C) groups is 1. The third-order valence-corrected chi connectivity index (χ3v) is 5.77. The summed E-state index contributed by atoms with van der Waals surface area (Å²) in [5, 5.41) is 8.09. The van der Waals surface area contributed by atoms with Gasteiger partial charge in [0, 0.05) is 46.0 Å². The number of nitrogens with one attached hydrogen (secondary N) is 1. The molecule has 0 spiro atoms. The Kier molecular flexibility index (Phi) is 4.48. The van der Waals surface area contributed by atoms with Crippen molar-refractivity contribution in [2.45, 2.75) is 44.2 Å². The molecule has 2 aliphatic heterocycles. The average Bonchev–Trinajstić information content (AvgIpc) is 3.36. The molecule has 1 saturated heterocycles. The SMILES string of the molecule is CN1CCCN=C1NC[C@@H]1CCCN(C2CC2)[C@H]1c1ccnn1C. The summed E-state index contributed by atoms with van der Waals surface area (Å²) in [5.74, 6) is 1.70. The van der Waals surface area contributed by atoms with E-state index in [0.717, 1.165) is 38.1 Å². The van der Waals surface area contributed by atoms with E-state index in [1.165, 1.54) is 37.9 Å². The van der Waals surface area contributed by atoms with Crippen molar-refractivity contribution in [3.05, 3.63) is 18.0 Å². The monoisotopic (exact) mass is 330 g/mol. The summed E-state index contributed by atoms with van der Waals surface area (Å²) < 4.78 is 2.07. The molecule has 0 radical (unpaired) electrons. The topological polar surface area (TPSA) is 48.7 Å². The van der Waals surface area contributed by atoms with Gasteiger partial charge >= 0.3 is 0 Å². The second kappa shape index (κ2) is 6.75. The van der Waals surface area contributed by atoms with Gasteiger partial charge in [-0.3, -0.25) is 14.6 Å². The maximum absolute atomic E-state index is 4.67. The lowest BCUT2D eigenvalue weighted by Gasteiger charge is -2.42. The Hall–Kier alpha value is -1.56. The Labute approximate surface area is 144 Å². The Bertz CT molecular complexity index is 590. The molecule has 2 fully saturated rings. The van der Waals surface area contributed by atoms with E-state index in [4.69, 9.17) is 0 Å². The lowest BCUT2D eigenvalue weighted by Crippen LogP contribution is -2.48. The van der Waals surface area contributed by atoms with Crippen LogP contribution in [0.1, 0.15) is 43.8 Å². The molecule has 0 aromatic carbocycles. The molecule has 1 aliphatic carbocycles. The molecular formula is C18H30N6. The van der Waals surface area contributed by atoms with E-state index in [1.807, 2.05) is 6.20 Å². The summed E-state index contributed by atoms with van der Waals surface area (Å²) >= 11 is 0. The Balaban J connectivity index is 1.51. The molecule has 2 atom stereocenters. The number of aryl methyl sites for hydroxylation is 1. The zero-order chi connectivity index (χ0) is 16.5. The highest BCUT2D eigenvalue weighted by atomic mass is 15.3. The molecule has 24 heavy (non-hydrogen) atoms. The fourth-order valence-corrected chi connectivity index (χ4v) is 4.35. The van der Waals surface area contributed by atoms with Crippen molar-refractivity contribution in [3.63, 3.8) is 0 Å². The van der Waals surface area contributed by atoms with Gasteiger partial charge in [0.1, 0.15) is 0 Å². The maximum Gasteiger partial charge on any atom is 0.193 e. The van der Waals surface area contributed by atoms with E-state index in [2.05, 4.69) is 50.1 Å². The molecule has 4 rings (SSSR count). The molecule has 3 heterocycles. The Morgan fingerprint density at radius 1 is 1.17 bits per heavy atom. The molecule has 1 N–H and O–H groups in total. The van der Waals surface area contributed by atoms with Crippen LogP contribution in [0, 0.1) is 5.92 Å². The number of hydrogen-bond donors (Lipinski definition) is 1. The summed E-state index contributed by atoms with van der Waals surface area (Å²) in [5.41, 5.74) is 1.37. The molecule has 1 aromatic heterocycles. The van der Waals surface area contributed by atoms with Gasteiger partial charge in [0.25, 0.3) is 0 Å².